The molecule has 41 heavy (non-hydrogen) atoms. The Hall–Kier alpha value is -0.950. The number of hydrogen-bond donors (Lipinski definition) is 5. The van der Waals surface area contributed by atoms with Crippen LogP contribution in [-0.4, -0.2) is 57.3 Å². The molecule has 0 bridgehead atoms. The number of rotatable bonds is 31. The monoisotopic (exact) mass is 584 g/mol. The van der Waals surface area contributed by atoms with E-state index in [1.165, 1.54) is 109 Å². The van der Waals surface area contributed by atoms with Crippen molar-refractivity contribution in [3.63, 3.8) is 0 Å². The zero-order valence-electron chi connectivity index (χ0n) is 27.0. The van der Waals surface area contributed by atoms with Crippen LogP contribution in [0.2, 0.25) is 0 Å². The van der Waals surface area contributed by atoms with Crippen LogP contribution in [0.25, 0.3) is 0 Å². The number of allylic oxidation sites excluding steroid dienone is 2. The van der Waals surface area contributed by atoms with Crippen molar-refractivity contribution in [2.75, 3.05) is 6.61 Å². The van der Waals surface area contributed by atoms with Crippen LogP contribution < -0.4 is 5.32 Å². The van der Waals surface area contributed by atoms with Gasteiger partial charge in [-0.3, -0.25) is 4.79 Å². The molecule has 1 amide bonds. The van der Waals surface area contributed by atoms with Gasteiger partial charge in [-0.15, -0.1) is 0 Å². The number of aliphatic hydroxyl groups is 4. The quantitative estimate of drug-likeness (QED) is 0.0421. The summed E-state index contributed by atoms with van der Waals surface area (Å²) < 4.78 is 0. The molecule has 0 aliphatic carbocycles. The van der Waals surface area contributed by atoms with Gasteiger partial charge in [0, 0.05) is 0 Å². The Morgan fingerprint density at radius 2 is 1.00 bits per heavy atom. The fourth-order valence-electron chi connectivity index (χ4n) is 5.34. The van der Waals surface area contributed by atoms with Crippen molar-refractivity contribution in [3.05, 3.63) is 12.2 Å². The lowest BCUT2D eigenvalue weighted by Crippen LogP contribution is -2.53. The van der Waals surface area contributed by atoms with Gasteiger partial charge in [0.05, 0.1) is 18.8 Å². The number of aliphatic hydroxyl groups excluding tert-OH is 4. The molecule has 0 aliphatic heterocycles. The highest BCUT2D eigenvalue weighted by molar-refractivity contribution is 5.80. The molecule has 4 atom stereocenters. The van der Waals surface area contributed by atoms with Crippen LogP contribution in [-0.2, 0) is 4.79 Å². The topological polar surface area (TPSA) is 110 Å². The fourth-order valence-corrected chi connectivity index (χ4v) is 5.34. The third-order valence-electron chi connectivity index (χ3n) is 8.23. The molecule has 0 radical (unpaired) electrons. The summed E-state index contributed by atoms with van der Waals surface area (Å²) in [6, 6.07) is -0.993. The molecule has 244 valence electrons. The summed E-state index contributed by atoms with van der Waals surface area (Å²) >= 11 is 0. The van der Waals surface area contributed by atoms with E-state index in [2.05, 4.69) is 31.3 Å². The van der Waals surface area contributed by atoms with Crippen molar-refractivity contribution in [2.24, 2.45) is 0 Å². The van der Waals surface area contributed by atoms with E-state index in [0.717, 1.165) is 38.5 Å². The first-order valence-electron chi connectivity index (χ1n) is 17.6. The van der Waals surface area contributed by atoms with Gasteiger partial charge >= 0.3 is 0 Å². The summed E-state index contributed by atoms with van der Waals surface area (Å²) in [7, 11) is 0. The number of nitrogens with one attached hydrogen (secondary N) is 1. The summed E-state index contributed by atoms with van der Waals surface area (Å²) in [6.45, 7) is 3.97. The van der Waals surface area contributed by atoms with Crippen LogP contribution >= 0.6 is 0 Å². The number of amides is 1. The number of carbonyl (C=O) groups excluding carboxylic acids is 1. The summed E-state index contributed by atoms with van der Waals surface area (Å²) in [6.07, 6.45) is 29.5. The van der Waals surface area contributed by atoms with Crippen LogP contribution in [0.5, 0.6) is 0 Å². The first kappa shape index (κ1) is 40.1. The van der Waals surface area contributed by atoms with Gasteiger partial charge in [0.1, 0.15) is 12.2 Å². The minimum atomic E-state index is -1.27. The second kappa shape index (κ2) is 30.5. The van der Waals surface area contributed by atoms with Gasteiger partial charge < -0.3 is 25.7 Å². The third kappa shape index (κ3) is 25.3. The molecule has 0 spiro atoms. The standard InChI is InChI=1S/C35H69NO5/c1-3-5-7-9-11-13-14-15-16-17-18-19-21-23-25-27-29-33(39)35(41)36-31(30-37)34(40)32(38)28-26-24-22-20-12-10-8-6-4-2/h20,22,31-34,37-40H,3-19,21,23-30H2,1-2H3,(H,36,41)/b22-20+. The minimum absolute atomic E-state index is 0.367. The molecule has 6 nitrogen and oxygen atoms in total. The molecule has 0 fully saturated rings. The molecular weight excluding hydrogens is 514 g/mol. The van der Waals surface area contributed by atoms with Crippen molar-refractivity contribution < 1.29 is 25.2 Å². The van der Waals surface area contributed by atoms with Gasteiger partial charge in [-0.2, -0.15) is 0 Å². The molecule has 6 heteroatoms. The number of unbranched alkanes of at least 4 members (excludes halogenated alkanes) is 20. The maximum Gasteiger partial charge on any atom is 0.249 e. The Kier molecular flexibility index (Phi) is 29.8. The van der Waals surface area contributed by atoms with Crippen LogP contribution in [0.4, 0.5) is 0 Å². The average molecular weight is 584 g/mol. The first-order valence-corrected chi connectivity index (χ1v) is 17.6. The summed E-state index contributed by atoms with van der Waals surface area (Å²) in [5, 5.41) is 43.2. The van der Waals surface area contributed by atoms with Crippen LogP contribution in [0.15, 0.2) is 12.2 Å². The Balaban J connectivity index is 3.82. The predicted molar refractivity (Wildman–Crippen MR) is 173 cm³/mol. The van der Waals surface area contributed by atoms with Crippen LogP contribution in [0, 0.1) is 0 Å². The van der Waals surface area contributed by atoms with Crippen LogP contribution in [0.1, 0.15) is 174 Å². The molecule has 0 rings (SSSR count). The van der Waals surface area contributed by atoms with E-state index >= 15 is 0 Å². The van der Waals surface area contributed by atoms with Crippen molar-refractivity contribution in [1.82, 2.24) is 5.32 Å². The fraction of sp³-hybridized carbons (Fsp3) is 0.914. The number of carbonyl (C=O) groups is 1. The van der Waals surface area contributed by atoms with Gasteiger partial charge in [0.15, 0.2) is 0 Å². The van der Waals surface area contributed by atoms with E-state index in [-0.39, 0.29) is 0 Å². The second-order valence-corrected chi connectivity index (χ2v) is 12.2. The third-order valence-corrected chi connectivity index (χ3v) is 8.23. The molecule has 4 unspecified atom stereocenters. The van der Waals surface area contributed by atoms with E-state index < -0.39 is 36.9 Å². The molecule has 0 aromatic heterocycles. The molecule has 0 saturated heterocycles. The summed E-state index contributed by atoms with van der Waals surface area (Å²) in [5.74, 6) is -0.595. The normalized spacial score (nSPS) is 14.8. The van der Waals surface area contributed by atoms with E-state index in [9.17, 15) is 25.2 Å². The zero-order chi connectivity index (χ0) is 30.4. The maximum absolute atomic E-state index is 12.4. The Morgan fingerprint density at radius 3 is 1.46 bits per heavy atom. The number of hydrogen-bond acceptors (Lipinski definition) is 5. The van der Waals surface area contributed by atoms with E-state index in [1.807, 2.05) is 0 Å². The van der Waals surface area contributed by atoms with Gasteiger partial charge in [0.25, 0.3) is 0 Å². The Morgan fingerprint density at radius 1 is 0.585 bits per heavy atom. The van der Waals surface area contributed by atoms with Gasteiger partial charge in [-0.25, -0.2) is 0 Å². The molecule has 0 aromatic carbocycles. The van der Waals surface area contributed by atoms with Crippen molar-refractivity contribution in [2.45, 2.75) is 199 Å². The molecular formula is C35H69NO5. The zero-order valence-corrected chi connectivity index (χ0v) is 27.0. The highest BCUT2D eigenvalue weighted by Gasteiger charge is 2.28. The van der Waals surface area contributed by atoms with E-state index in [4.69, 9.17) is 0 Å². The van der Waals surface area contributed by atoms with Crippen molar-refractivity contribution >= 4 is 5.91 Å². The van der Waals surface area contributed by atoms with E-state index in [0.29, 0.717) is 12.8 Å². The van der Waals surface area contributed by atoms with Crippen molar-refractivity contribution in [3.8, 4) is 0 Å². The highest BCUT2D eigenvalue weighted by Crippen LogP contribution is 2.15. The maximum atomic E-state index is 12.4. The smallest absolute Gasteiger partial charge is 0.249 e. The SMILES string of the molecule is CCCCCC/C=C/CCCC(O)C(O)C(CO)NC(=O)C(O)CCCCCCCCCCCCCCCCCC. The molecule has 0 aliphatic rings. The summed E-state index contributed by atoms with van der Waals surface area (Å²) in [5.41, 5.74) is 0. The first-order chi connectivity index (χ1) is 20.0. The van der Waals surface area contributed by atoms with Gasteiger partial charge in [-0.1, -0.05) is 148 Å². The molecule has 5 N–H and O–H groups in total. The summed E-state index contributed by atoms with van der Waals surface area (Å²) in [4.78, 5) is 12.4. The van der Waals surface area contributed by atoms with E-state index in [1.54, 1.807) is 0 Å². The lowest BCUT2D eigenvalue weighted by molar-refractivity contribution is -0.132. The lowest BCUT2D eigenvalue weighted by Gasteiger charge is -2.27. The lowest BCUT2D eigenvalue weighted by atomic mass is 10.00. The highest BCUT2D eigenvalue weighted by atomic mass is 16.3. The predicted octanol–water partition coefficient (Wildman–Crippen LogP) is 7.89. The van der Waals surface area contributed by atoms with Crippen molar-refractivity contribution in [1.29, 1.82) is 0 Å². The van der Waals surface area contributed by atoms with Crippen LogP contribution in [0.3, 0.4) is 0 Å². The molecule has 0 heterocycles. The van der Waals surface area contributed by atoms with Gasteiger partial charge in [-0.05, 0) is 38.5 Å². The molecule has 0 aromatic rings. The van der Waals surface area contributed by atoms with Gasteiger partial charge in [0.2, 0.25) is 5.91 Å². The largest absolute Gasteiger partial charge is 0.394 e. The molecule has 0 saturated carbocycles. The minimum Gasteiger partial charge on any atom is -0.394 e. The Bertz CT molecular complexity index is 585. The average Bonchev–Trinajstić information content (AvgIpc) is 2.98. The Labute approximate surface area is 253 Å². The second-order valence-electron chi connectivity index (χ2n) is 12.2.